The molecule has 3 N–H and O–H groups in total. The van der Waals surface area contributed by atoms with Gasteiger partial charge >= 0.3 is 0 Å². The average Bonchev–Trinajstić information content (AvgIpc) is 3.94. The highest BCUT2D eigenvalue weighted by Crippen LogP contribution is 2.36. The van der Waals surface area contributed by atoms with Gasteiger partial charge < -0.3 is 25.1 Å². The molecule has 2 amide bonds. The first kappa shape index (κ1) is 30.0. The van der Waals surface area contributed by atoms with E-state index in [1.807, 2.05) is 41.4 Å². The van der Waals surface area contributed by atoms with E-state index < -0.39 is 0 Å². The highest BCUT2D eigenvalue weighted by Gasteiger charge is 2.32. The minimum atomic E-state index is 0.00846. The quantitative estimate of drug-likeness (QED) is 0.250. The van der Waals surface area contributed by atoms with Crippen LogP contribution in [0.4, 0.5) is 0 Å². The minimum absolute atomic E-state index is 0.00846. The SMILES string of the molecule is CCC(=O)N1CCC[C@H]1c1ncc(C2=CC=C(c3ccc(-c4cnc([C@@H]5CCCN5C(=O)CCC5=CC=CNC5)[nH]4)cc3)CC2)[nH]1. The van der Waals surface area contributed by atoms with Gasteiger partial charge in [0.2, 0.25) is 11.8 Å². The van der Waals surface area contributed by atoms with E-state index >= 15 is 0 Å². The molecule has 0 bridgehead atoms. The molecule has 2 fully saturated rings. The third-order valence-electron chi connectivity index (χ3n) is 9.87. The maximum absolute atomic E-state index is 13.1. The number of nitrogens with one attached hydrogen (secondary N) is 3. The number of dihydropyridines is 1. The Morgan fingerprint density at radius 3 is 2.09 bits per heavy atom. The van der Waals surface area contributed by atoms with Crippen LogP contribution in [0.2, 0.25) is 0 Å². The van der Waals surface area contributed by atoms with Crippen molar-refractivity contribution in [1.82, 2.24) is 35.1 Å². The van der Waals surface area contributed by atoms with E-state index in [2.05, 4.69) is 62.8 Å². The number of hydrogen-bond donors (Lipinski definition) is 3. The van der Waals surface area contributed by atoms with Crippen LogP contribution in [0.1, 0.15) is 99.7 Å². The highest BCUT2D eigenvalue weighted by atomic mass is 16.2. The molecule has 1 aliphatic carbocycles. The summed E-state index contributed by atoms with van der Waals surface area (Å²) in [5.41, 5.74) is 8.15. The minimum Gasteiger partial charge on any atom is -0.387 e. The van der Waals surface area contributed by atoms with Crippen LogP contribution in [-0.2, 0) is 9.59 Å². The van der Waals surface area contributed by atoms with Crippen LogP contribution in [0.3, 0.4) is 0 Å². The standard InChI is InChI=1S/C37H43N7O2/c1-2-34(45)43-20-4-7-32(43)36-39-23-30(41-36)28-14-10-26(11-15-28)27-12-16-29(17-13-27)31-24-40-37(42-31)33-8-5-21-44(33)35(46)18-9-25-6-3-19-38-22-25/h3,6,10,12-14,16-17,19,23-24,32-33,38H,2,4-5,7-9,11,15,18,20-22H2,1H3,(H,39,41)(H,40,42)/t32-,33-/m0/s1. The molecule has 9 nitrogen and oxygen atoms in total. The molecule has 0 spiro atoms. The van der Waals surface area contributed by atoms with E-state index in [9.17, 15) is 9.59 Å². The number of hydrogen-bond acceptors (Lipinski definition) is 5. The lowest BCUT2D eigenvalue weighted by atomic mass is 9.91. The maximum atomic E-state index is 13.1. The Morgan fingerprint density at radius 1 is 0.804 bits per heavy atom. The number of nitrogens with zero attached hydrogens (tertiary/aromatic N) is 4. The molecule has 3 aliphatic heterocycles. The fourth-order valence-electron chi connectivity index (χ4n) is 7.27. The predicted octanol–water partition coefficient (Wildman–Crippen LogP) is 6.62. The van der Waals surface area contributed by atoms with Crippen LogP contribution in [-0.4, -0.2) is 61.2 Å². The molecule has 5 heterocycles. The number of likely N-dealkylation sites (tertiary alicyclic amines) is 2. The largest absolute Gasteiger partial charge is 0.387 e. The molecule has 2 aromatic heterocycles. The molecular formula is C37H43N7O2. The first-order valence-electron chi connectivity index (χ1n) is 16.8. The number of benzene rings is 1. The fraction of sp³-hybridized carbons (Fsp3) is 0.405. The topological polar surface area (TPSA) is 110 Å². The normalized spacial score (nSPS) is 21.2. The van der Waals surface area contributed by atoms with Crippen molar-refractivity contribution < 1.29 is 9.59 Å². The number of allylic oxidation sites excluding steroid dienone is 6. The fourth-order valence-corrected chi connectivity index (χ4v) is 7.27. The van der Waals surface area contributed by atoms with Crippen molar-refractivity contribution in [2.75, 3.05) is 19.6 Å². The molecule has 3 aromatic rings. The first-order chi connectivity index (χ1) is 22.6. The second-order valence-corrected chi connectivity index (χ2v) is 12.7. The summed E-state index contributed by atoms with van der Waals surface area (Å²) >= 11 is 0. The van der Waals surface area contributed by atoms with Crippen molar-refractivity contribution in [3.05, 3.63) is 95.6 Å². The molecule has 4 aliphatic rings. The average molecular weight is 618 g/mol. The zero-order valence-electron chi connectivity index (χ0n) is 26.6. The Bertz CT molecular complexity index is 1710. The lowest BCUT2D eigenvalue weighted by Gasteiger charge is -2.23. The van der Waals surface area contributed by atoms with Gasteiger partial charge in [-0.15, -0.1) is 0 Å². The predicted molar refractivity (Wildman–Crippen MR) is 180 cm³/mol. The van der Waals surface area contributed by atoms with Gasteiger partial charge in [0, 0.05) is 32.5 Å². The number of imidazole rings is 2. The van der Waals surface area contributed by atoms with E-state index in [0.29, 0.717) is 12.8 Å². The Hall–Kier alpha value is -4.66. The van der Waals surface area contributed by atoms with Gasteiger partial charge in [0.25, 0.3) is 0 Å². The molecule has 0 saturated carbocycles. The number of amides is 2. The van der Waals surface area contributed by atoms with E-state index in [1.54, 1.807) is 0 Å². The molecule has 238 valence electrons. The van der Waals surface area contributed by atoms with Crippen LogP contribution >= 0.6 is 0 Å². The number of carbonyl (C=O) groups is 2. The number of carbonyl (C=O) groups excluding carboxylic acids is 2. The molecule has 9 heteroatoms. The van der Waals surface area contributed by atoms with E-state index in [0.717, 1.165) is 93.2 Å². The van der Waals surface area contributed by atoms with E-state index in [-0.39, 0.29) is 23.9 Å². The van der Waals surface area contributed by atoms with Gasteiger partial charge in [-0.1, -0.05) is 55.0 Å². The maximum Gasteiger partial charge on any atom is 0.223 e. The van der Waals surface area contributed by atoms with Crippen molar-refractivity contribution in [2.24, 2.45) is 0 Å². The van der Waals surface area contributed by atoms with Crippen LogP contribution in [0, 0.1) is 0 Å². The van der Waals surface area contributed by atoms with Crippen LogP contribution in [0.5, 0.6) is 0 Å². The summed E-state index contributed by atoms with van der Waals surface area (Å²) in [7, 11) is 0. The molecule has 46 heavy (non-hydrogen) atoms. The smallest absolute Gasteiger partial charge is 0.223 e. The van der Waals surface area contributed by atoms with Gasteiger partial charge in [0.05, 0.1) is 35.9 Å². The highest BCUT2D eigenvalue weighted by molar-refractivity contribution is 5.79. The number of H-pyrrole nitrogens is 2. The van der Waals surface area contributed by atoms with Gasteiger partial charge in [-0.25, -0.2) is 9.97 Å². The molecule has 2 saturated heterocycles. The van der Waals surface area contributed by atoms with Gasteiger partial charge in [0.1, 0.15) is 11.6 Å². The van der Waals surface area contributed by atoms with Crippen molar-refractivity contribution in [2.45, 2.75) is 76.8 Å². The number of rotatable bonds is 9. The van der Waals surface area contributed by atoms with E-state index in [1.165, 1.54) is 22.3 Å². The van der Waals surface area contributed by atoms with Crippen LogP contribution in [0.15, 0.2) is 72.7 Å². The molecule has 2 atom stereocenters. The van der Waals surface area contributed by atoms with Crippen LogP contribution in [0.25, 0.3) is 22.4 Å². The third-order valence-corrected chi connectivity index (χ3v) is 9.87. The molecular weight excluding hydrogens is 574 g/mol. The summed E-state index contributed by atoms with van der Waals surface area (Å²) in [6.45, 7) is 4.35. The summed E-state index contributed by atoms with van der Waals surface area (Å²) in [5, 5.41) is 3.22. The van der Waals surface area contributed by atoms with Gasteiger partial charge in [-0.3, -0.25) is 9.59 Å². The summed E-state index contributed by atoms with van der Waals surface area (Å²) in [6.07, 6.45) is 21.9. The zero-order valence-corrected chi connectivity index (χ0v) is 26.6. The second kappa shape index (κ2) is 13.4. The van der Waals surface area contributed by atoms with Gasteiger partial charge in [-0.05, 0) is 79.5 Å². The van der Waals surface area contributed by atoms with Crippen LogP contribution < -0.4 is 5.32 Å². The molecule has 0 unspecified atom stereocenters. The molecule has 1 aromatic carbocycles. The third kappa shape index (κ3) is 6.23. The van der Waals surface area contributed by atoms with Crippen molar-refractivity contribution in [3.8, 4) is 11.3 Å². The summed E-state index contributed by atoms with van der Waals surface area (Å²) in [6, 6.07) is 8.74. The lowest BCUT2D eigenvalue weighted by Crippen LogP contribution is -2.31. The van der Waals surface area contributed by atoms with E-state index in [4.69, 9.17) is 4.98 Å². The lowest BCUT2D eigenvalue weighted by molar-refractivity contribution is -0.132. The Labute approximate surface area is 270 Å². The number of aromatic nitrogens is 4. The number of aromatic amines is 2. The van der Waals surface area contributed by atoms with Crippen molar-refractivity contribution >= 4 is 23.0 Å². The Morgan fingerprint density at radius 2 is 1.43 bits per heavy atom. The first-order valence-corrected chi connectivity index (χ1v) is 16.8. The van der Waals surface area contributed by atoms with Gasteiger partial charge in [0.15, 0.2) is 0 Å². The summed E-state index contributed by atoms with van der Waals surface area (Å²) in [4.78, 5) is 45.9. The monoisotopic (exact) mass is 617 g/mol. The molecule has 7 rings (SSSR count). The summed E-state index contributed by atoms with van der Waals surface area (Å²) < 4.78 is 0. The van der Waals surface area contributed by atoms with Crippen molar-refractivity contribution in [3.63, 3.8) is 0 Å². The second-order valence-electron chi connectivity index (χ2n) is 12.7. The Balaban J connectivity index is 0.983. The van der Waals surface area contributed by atoms with Crippen molar-refractivity contribution in [1.29, 1.82) is 0 Å². The summed E-state index contributed by atoms with van der Waals surface area (Å²) in [5.74, 6) is 2.18. The molecule has 0 radical (unpaired) electrons. The Kier molecular flexibility index (Phi) is 8.72. The van der Waals surface area contributed by atoms with Gasteiger partial charge in [-0.2, -0.15) is 0 Å². The zero-order chi connectivity index (χ0) is 31.5.